The molecule has 0 aromatic rings. The quantitative estimate of drug-likeness (QED) is 0.756. The van der Waals surface area contributed by atoms with Gasteiger partial charge in [0.15, 0.2) is 0 Å². The van der Waals surface area contributed by atoms with Gasteiger partial charge in [0.25, 0.3) is 0 Å². The van der Waals surface area contributed by atoms with Gasteiger partial charge in [-0.1, -0.05) is 6.92 Å². The van der Waals surface area contributed by atoms with Crippen LogP contribution in [-0.2, 0) is 4.74 Å². The van der Waals surface area contributed by atoms with Crippen molar-refractivity contribution in [3.05, 3.63) is 0 Å². The Hall–Kier alpha value is -0.590. The highest BCUT2D eigenvalue weighted by Crippen LogP contribution is 2.21. The molecule has 1 saturated carbocycles. The lowest BCUT2D eigenvalue weighted by atomic mass is 9.92. The van der Waals surface area contributed by atoms with E-state index in [9.17, 15) is 0 Å². The van der Waals surface area contributed by atoms with Crippen LogP contribution in [0.2, 0.25) is 0 Å². The number of nitriles is 1. The average molecular weight is 210 g/mol. The molecule has 15 heavy (non-hydrogen) atoms. The predicted molar refractivity (Wildman–Crippen MR) is 60.5 cm³/mol. The maximum atomic E-state index is 8.68. The average Bonchev–Trinajstić information content (AvgIpc) is 2.29. The zero-order chi connectivity index (χ0) is 11.1. The molecule has 3 heteroatoms. The van der Waals surface area contributed by atoms with Crippen LogP contribution < -0.4 is 5.32 Å². The first-order chi connectivity index (χ1) is 7.30. The van der Waals surface area contributed by atoms with Crippen molar-refractivity contribution in [3.63, 3.8) is 0 Å². The first-order valence-electron chi connectivity index (χ1n) is 5.96. The topological polar surface area (TPSA) is 45.0 Å². The van der Waals surface area contributed by atoms with E-state index >= 15 is 0 Å². The maximum absolute atomic E-state index is 8.68. The van der Waals surface area contributed by atoms with Gasteiger partial charge in [-0.3, -0.25) is 0 Å². The number of nitrogens with one attached hydrogen (secondary N) is 1. The first kappa shape index (κ1) is 12.5. The van der Waals surface area contributed by atoms with E-state index in [4.69, 9.17) is 10.00 Å². The number of hydrogen-bond acceptors (Lipinski definition) is 3. The first-order valence-corrected chi connectivity index (χ1v) is 5.96. The molecule has 3 nitrogen and oxygen atoms in total. The van der Waals surface area contributed by atoms with Crippen molar-refractivity contribution in [1.29, 1.82) is 5.26 Å². The van der Waals surface area contributed by atoms with E-state index in [1.54, 1.807) is 7.11 Å². The Morgan fingerprint density at radius 2 is 2.33 bits per heavy atom. The fourth-order valence-electron chi connectivity index (χ4n) is 2.28. The third-order valence-corrected chi connectivity index (χ3v) is 3.26. The molecule has 0 bridgehead atoms. The summed E-state index contributed by atoms with van der Waals surface area (Å²) in [5.41, 5.74) is 0. The lowest BCUT2D eigenvalue weighted by Crippen LogP contribution is -2.42. The van der Waals surface area contributed by atoms with E-state index in [0.717, 1.165) is 12.8 Å². The predicted octanol–water partition coefficient (Wildman–Crippen LogP) is 2.23. The third kappa shape index (κ3) is 4.19. The van der Waals surface area contributed by atoms with E-state index in [1.165, 1.54) is 19.3 Å². The molecule has 0 amide bonds. The molecule has 0 aromatic heterocycles. The molecule has 1 aliphatic rings. The van der Waals surface area contributed by atoms with Crippen molar-refractivity contribution in [3.8, 4) is 6.07 Å². The summed E-state index contributed by atoms with van der Waals surface area (Å²) in [5, 5.41) is 12.2. The minimum atomic E-state index is 0.357. The van der Waals surface area contributed by atoms with Crippen LogP contribution in [0.4, 0.5) is 0 Å². The van der Waals surface area contributed by atoms with Gasteiger partial charge in [-0.05, 0) is 32.1 Å². The fourth-order valence-corrected chi connectivity index (χ4v) is 2.28. The molecule has 3 atom stereocenters. The molecule has 0 radical (unpaired) electrons. The second kappa shape index (κ2) is 6.81. The molecule has 86 valence electrons. The largest absolute Gasteiger partial charge is 0.381 e. The summed E-state index contributed by atoms with van der Waals surface area (Å²) in [5.74, 6) is 0. The number of methoxy groups -OCH3 is 1. The monoisotopic (exact) mass is 210 g/mol. The van der Waals surface area contributed by atoms with Crippen LogP contribution in [0, 0.1) is 11.3 Å². The van der Waals surface area contributed by atoms with Gasteiger partial charge in [-0.2, -0.15) is 5.26 Å². The van der Waals surface area contributed by atoms with Crippen LogP contribution in [0.15, 0.2) is 0 Å². The zero-order valence-electron chi connectivity index (χ0n) is 9.83. The van der Waals surface area contributed by atoms with Gasteiger partial charge in [0.1, 0.15) is 0 Å². The second-order valence-corrected chi connectivity index (χ2v) is 4.36. The van der Waals surface area contributed by atoms with Crippen molar-refractivity contribution in [2.24, 2.45) is 0 Å². The Morgan fingerprint density at radius 3 is 2.93 bits per heavy atom. The highest BCUT2D eigenvalue weighted by Gasteiger charge is 2.23. The van der Waals surface area contributed by atoms with E-state index in [0.29, 0.717) is 24.6 Å². The summed E-state index contributed by atoms with van der Waals surface area (Å²) >= 11 is 0. The van der Waals surface area contributed by atoms with Crippen molar-refractivity contribution in [2.75, 3.05) is 7.11 Å². The fraction of sp³-hybridized carbons (Fsp3) is 0.917. The lowest BCUT2D eigenvalue weighted by Gasteiger charge is -2.31. The molecular weight excluding hydrogens is 188 g/mol. The minimum absolute atomic E-state index is 0.357. The molecule has 0 heterocycles. The highest BCUT2D eigenvalue weighted by atomic mass is 16.5. The molecule has 1 N–H and O–H groups in total. The van der Waals surface area contributed by atoms with E-state index in [2.05, 4.69) is 18.3 Å². The Bertz CT molecular complexity index is 212. The van der Waals surface area contributed by atoms with Crippen LogP contribution in [0.25, 0.3) is 0 Å². The van der Waals surface area contributed by atoms with Gasteiger partial charge in [0.05, 0.1) is 18.6 Å². The molecule has 0 spiro atoms. The summed E-state index contributed by atoms with van der Waals surface area (Å²) in [6.45, 7) is 2.13. The molecule has 3 unspecified atom stereocenters. The summed E-state index contributed by atoms with van der Waals surface area (Å²) in [7, 11) is 1.79. The molecule has 1 rings (SSSR count). The highest BCUT2D eigenvalue weighted by molar-refractivity contribution is 4.85. The standard InChI is InChI=1S/C12H22N2O/c1-3-10(7-8-13)14-11-5-4-6-12(9-11)15-2/h10-12,14H,3-7,9H2,1-2H3. The molecule has 0 aliphatic heterocycles. The molecule has 0 saturated heterocycles. The number of rotatable bonds is 5. The van der Waals surface area contributed by atoms with E-state index < -0.39 is 0 Å². The zero-order valence-corrected chi connectivity index (χ0v) is 9.83. The lowest BCUT2D eigenvalue weighted by molar-refractivity contribution is 0.0569. The van der Waals surface area contributed by atoms with Crippen LogP contribution in [-0.4, -0.2) is 25.3 Å². The summed E-state index contributed by atoms with van der Waals surface area (Å²) in [4.78, 5) is 0. The van der Waals surface area contributed by atoms with Crippen molar-refractivity contribution < 1.29 is 4.74 Å². The van der Waals surface area contributed by atoms with Gasteiger partial charge in [-0.25, -0.2) is 0 Å². The van der Waals surface area contributed by atoms with Gasteiger partial charge in [-0.15, -0.1) is 0 Å². The van der Waals surface area contributed by atoms with Gasteiger partial charge >= 0.3 is 0 Å². The Labute approximate surface area is 92.8 Å². The third-order valence-electron chi connectivity index (χ3n) is 3.26. The van der Waals surface area contributed by atoms with Crippen LogP contribution in [0.5, 0.6) is 0 Å². The molecule has 1 aliphatic carbocycles. The second-order valence-electron chi connectivity index (χ2n) is 4.36. The van der Waals surface area contributed by atoms with Gasteiger partial charge < -0.3 is 10.1 Å². The molecular formula is C12H22N2O. The number of ether oxygens (including phenoxy) is 1. The van der Waals surface area contributed by atoms with Crippen molar-refractivity contribution >= 4 is 0 Å². The van der Waals surface area contributed by atoms with Crippen LogP contribution in [0.1, 0.15) is 45.4 Å². The molecule has 0 aromatic carbocycles. The van der Waals surface area contributed by atoms with E-state index in [-0.39, 0.29) is 0 Å². The van der Waals surface area contributed by atoms with Gasteiger partial charge in [0, 0.05) is 19.2 Å². The Balaban J connectivity index is 2.33. The summed E-state index contributed by atoms with van der Waals surface area (Å²) in [6, 6.07) is 3.14. The van der Waals surface area contributed by atoms with Crippen LogP contribution >= 0.6 is 0 Å². The maximum Gasteiger partial charge on any atom is 0.0638 e. The summed E-state index contributed by atoms with van der Waals surface area (Å²) in [6.07, 6.45) is 6.80. The van der Waals surface area contributed by atoms with Crippen molar-refractivity contribution in [1.82, 2.24) is 5.32 Å². The smallest absolute Gasteiger partial charge is 0.0638 e. The van der Waals surface area contributed by atoms with Crippen molar-refractivity contribution in [2.45, 2.75) is 63.6 Å². The normalized spacial score (nSPS) is 28.3. The Morgan fingerprint density at radius 1 is 1.53 bits per heavy atom. The Kier molecular flexibility index (Phi) is 5.67. The van der Waals surface area contributed by atoms with Gasteiger partial charge in [0.2, 0.25) is 0 Å². The molecule has 1 fully saturated rings. The van der Waals surface area contributed by atoms with Crippen LogP contribution in [0.3, 0.4) is 0 Å². The van der Waals surface area contributed by atoms with E-state index in [1.807, 2.05) is 0 Å². The minimum Gasteiger partial charge on any atom is -0.381 e. The number of hydrogen-bond donors (Lipinski definition) is 1. The summed E-state index contributed by atoms with van der Waals surface area (Å²) < 4.78 is 5.39. The SMILES string of the molecule is CCC(CC#N)NC1CCCC(OC)C1. The number of nitrogens with zero attached hydrogens (tertiary/aromatic N) is 1.